The number of rotatable bonds is 3. The molecule has 0 amide bonds. The van der Waals surface area contributed by atoms with Crippen molar-refractivity contribution in [3.63, 3.8) is 0 Å². The van der Waals surface area contributed by atoms with Crippen molar-refractivity contribution in [3.05, 3.63) is 57.6 Å². The van der Waals surface area contributed by atoms with Gasteiger partial charge in [-0.2, -0.15) is 5.26 Å². The van der Waals surface area contributed by atoms with Gasteiger partial charge in [0.1, 0.15) is 6.17 Å². The fourth-order valence-electron chi connectivity index (χ4n) is 4.76. The number of aryl methyl sites for hydroxylation is 6. The Bertz CT molecular complexity index is 764. The zero-order valence-corrected chi connectivity index (χ0v) is 16.8. The lowest BCUT2D eigenvalue weighted by Gasteiger charge is -2.34. The van der Waals surface area contributed by atoms with Crippen LogP contribution in [0.2, 0.25) is 0 Å². The van der Waals surface area contributed by atoms with E-state index in [0.717, 1.165) is 13.1 Å². The van der Waals surface area contributed by atoms with Crippen molar-refractivity contribution in [2.75, 3.05) is 22.9 Å². The minimum Gasteiger partial charge on any atom is -0.348 e. The van der Waals surface area contributed by atoms with Crippen LogP contribution in [0.5, 0.6) is 0 Å². The molecule has 136 valence electrons. The van der Waals surface area contributed by atoms with Crippen LogP contribution in [0.1, 0.15) is 39.8 Å². The molecule has 3 rings (SSSR count). The van der Waals surface area contributed by atoms with Gasteiger partial charge in [-0.15, -0.1) is 0 Å². The van der Waals surface area contributed by atoms with Gasteiger partial charge in [0.05, 0.1) is 12.5 Å². The maximum absolute atomic E-state index is 9.52. The molecule has 1 fully saturated rings. The Morgan fingerprint density at radius 3 is 1.42 bits per heavy atom. The standard InChI is InChI=1S/C23H29N3/c1-15-11-17(3)22(18(4)12-15)25-9-10-26(21(25)7-8-24)23-19(5)13-16(2)14-20(23)6/h11-14,21H,7,9-10H2,1-6H3. The first-order chi connectivity index (χ1) is 12.3. The molecule has 1 saturated heterocycles. The maximum Gasteiger partial charge on any atom is 0.115 e. The summed E-state index contributed by atoms with van der Waals surface area (Å²) in [6, 6.07) is 11.4. The van der Waals surface area contributed by atoms with Crippen LogP contribution in [0, 0.1) is 52.9 Å². The average Bonchev–Trinajstić information content (AvgIpc) is 2.89. The summed E-state index contributed by atoms with van der Waals surface area (Å²) >= 11 is 0. The molecule has 26 heavy (non-hydrogen) atoms. The minimum atomic E-state index is 0.0835. The Kier molecular flexibility index (Phi) is 4.96. The molecule has 0 N–H and O–H groups in total. The van der Waals surface area contributed by atoms with Crippen LogP contribution in [0.3, 0.4) is 0 Å². The molecule has 0 unspecified atom stereocenters. The Morgan fingerprint density at radius 1 is 0.769 bits per heavy atom. The maximum atomic E-state index is 9.52. The Morgan fingerprint density at radius 2 is 1.12 bits per heavy atom. The Balaban J connectivity index is 2.06. The predicted octanol–water partition coefficient (Wildman–Crippen LogP) is 5.10. The highest BCUT2D eigenvalue weighted by Crippen LogP contribution is 2.37. The topological polar surface area (TPSA) is 30.3 Å². The molecule has 0 aromatic heterocycles. The lowest BCUT2D eigenvalue weighted by molar-refractivity contribution is 0.677. The summed E-state index contributed by atoms with van der Waals surface area (Å²) in [5.74, 6) is 0. The second kappa shape index (κ2) is 7.03. The van der Waals surface area contributed by atoms with Crippen molar-refractivity contribution in [3.8, 4) is 6.07 Å². The fraction of sp³-hybridized carbons (Fsp3) is 0.435. The van der Waals surface area contributed by atoms with Crippen LogP contribution >= 0.6 is 0 Å². The second-order valence-electron chi connectivity index (χ2n) is 7.72. The number of anilines is 2. The molecule has 0 radical (unpaired) electrons. The van der Waals surface area contributed by atoms with Gasteiger partial charge in [-0.05, 0) is 63.8 Å². The summed E-state index contributed by atoms with van der Waals surface area (Å²) in [4.78, 5) is 4.87. The molecule has 1 aliphatic heterocycles. The van der Waals surface area contributed by atoms with Crippen LogP contribution in [0.25, 0.3) is 0 Å². The van der Waals surface area contributed by atoms with Crippen LogP contribution in [-0.2, 0) is 0 Å². The lowest BCUT2D eigenvalue weighted by Crippen LogP contribution is -2.40. The number of nitrogens with zero attached hydrogens (tertiary/aromatic N) is 3. The van der Waals surface area contributed by atoms with E-state index in [1.807, 2.05) is 0 Å². The highest BCUT2D eigenvalue weighted by atomic mass is 15.4. The number of nitriles is 1. The third-order valence-corrected chi connectivity index (χ3v) is 5.42. The Hall–Kier alpha value is -2.47. The zero-order valence-electron chi connectivity index (χ0n) is 16.8. The molecule has 3 heteroatoms. The van der Waals surface area contributed by atoms with Crippen LogP contribution in [0.4, 0.5) is 11.4 Å². The molecule has 0 atom stereocenters. The SMILES string of the molecule is Cc1cc(C)c(N2CCN(c3c(C)cc(C)cc3C)C2CC#N)c(C)c1. The van der Waals surface area contributed by atoms with Crippen molar-refractivity contribution >= 4 is 11.4 Å². The van der Waals surface area contributed by atoms with Gasteiger partial charge in [0, 0.05) is 24.5 Å². The van der Waals surface area contributed by atoms with E-state index in [4.69, 9.17) is 0 Å². The summed E-state index contributed by atoms with van der Waals surface area (Å²) in [7, 11) is 0. The van der Waals surface area contributed by atoms with Gasteiger partial charge in [0.15, 0.2) is 0 Å². The van der Waals surface area contributed by atoms with Crippen LogP contribution < -0.4 is 9.80 Å². The Labute approximate surface area is 157 Å². The first-order valence-electron chi connectivity index (χ1n) is 9.39. The normalized spacial score (nSPS) is 14.8. The second-order valence-corrected chi connectivity index (χ2v) is 7.72. The summed E-state index contributed by atoms with van der Waals surface area (Å²) in [6.07, 6.45) is 0.583. The molecule has 2 aromatic rings. The van der Waals surface area contributed by atoms with Crippen molar-refractivity contribution < 1.29 is 0 Å². The molecule has 1 heterocycles. The summed E-state index contributed by atoms with van der Waals surface area (Å²) < 4.78 is 0. The molecule has 0 aliphatic carbocycles. The lowest BCUT2D eigenvalue weighted by atomic mass is 10.0. The van der Waals surface area contributed by atoms with Gasteiger partial charge >= 0.3 is 0 Å². The molecular formula is C23H29N3. The molecular weight excluding hydrogens is 318 g/mol. The molecule has 3 nitrogen and oxygen atoms in total. The molecule has 0 saturated carbocycles. The largest absolute Gasteiger partial charge is 0.348 e. The first-order valence-corrected chi connectivity index (χ1v) is 9.39. The zero-order chi connectivity index (χ0) is 19.0. The predicted molar refractivity (Wildman–Crippen MR) is 110 cm³/mol. The van der Waals surface area contributed by atoms with Gasteiger partial charge in [0.2, 0.25) is 0 Å². The van der Waals surface area contributed by atoms with Gasteiger partial charge < -0.3 is 9.80 Å². The van der Waals surface area contributed by atoms with E-state index in [0.29, 0.717) is 6.42 Å². The quantitative estimate of drug-likeness (QED) is 0.773. The van der Waals surface area contributed by atoms with Crippen LogP contribution in [-0.4, -0.2) is 19.3 Å². The third-order valence-electron chi connectivity index (χ3n) is 5.42. The van der Waals surface area contributed by atoms with Crippen molar-refractivity contribution in [2.45, 2.75) is 54.1 Å². The van der Waals surface area contributed by atoms with E-state index in [1.165, 1.54) is 44.8 Å². The number of benzene rings is 2. The smallest absolute Gasteiger partial charge is 0.115 e. The van der Waals surface area contributed by atoms with Crippen molar-refractivity contribution in [2.24, 2.45) is 0 Å². The third kappa shape index (κ3) is 3.17. The van der Waals surface area contributed by atoms with Crippen LogP contribution in [0.15, 0.2) is 24.3 Å². The van der Waals surface area contributed by atoms with E-state index < -0.39 is 0 Å². The highest BCUT2D eigenvalue weighted by Gasteiger charge is 2.34. The fourth-order valence-corrected chi connectivity index (χ4v) is 4.76. The van der Waals surface area contributed by atoms with E-state index >= 15 is 0 Å². The summed E-state index contributed by atoms with van der Waals surface area (Å²) in [5, 5.41) is 9.52. The van der Waals surface area contributed by atoms with Gasteiger partial charge in [0.25, 0.3) is 0 Å². The summed E-state index contributed by atoms with van der Waals surface area (Å²) in [6.45, 7) is 14.9. The van der Waals surface area contributed by atoms with Crippen molar-refractivity contribution in [1.82, 2.24) is 0 Å². The van der Waals surface area contributed by atoms with Gasteiger partial charge in [-0.25, -0.2) is 0 Å². The minimum absolute atomic E-state index is 0.0835. The number of hydrogen-bond donors (Lipinski definition) is 0. The first kappa shape index (κ1) is 18.3. The van der Waals surface area contributed by atoms with E-state index in [1.54, 1.807) is 0 Å². The van der Waals surface area contributed by atoms with E-state index in [9.17, 15) is 5.26 Å². The van der Waals surface area contributed by atoms with Gasteiger partial charge in [-0.1, -0.05) is 35.4 Å². The van der Waals surface area contributed by atoms with Gasteiger partial charge in [-0.3, -0.25) is 0 Å². The molecule has 0 spiro atoms. The average molecular weight is 348 g/mol. The monoisotopic (exact) mass is 347 g/mol. The molecule has 0 bridgehead atoms. The van der Waals surface area contributed by atoms with E-state index in [-0.39, 0.29) is 6.17 Å². The molecule has 2 aromatic carbocycles. The summed E-state index contributed by atoms with van der Waals surface area (Å²) in [5.41, 5.74) is 10.4. The van der Waals surface area contributed by atoms with E-state index in [2.05, 4.69) is 81.7 Å². The van der Waals surface area contributed by atoms with Crippen molar-refractivity contribution in [1.29, 1.82) is 5.26 Å². The highest BCUT2D eigenvalue weighted by molar-refractivity contribution is 5.68. The number of hydrogen-bond acceptors (Lipinski definition) is 3. The molecule has 1 aliphatic rings.